The molecule has 42 valence electrons. The van der Waals surface area contributed by atoms with E-state index < -0.39 is 9.84 Å². The molecule has 0 heterocycles. The molecule has 0 amide bonds. The van der Waals surface area contributed by atoms with Gasteiger partial charge in [0.2, 0.25) is 0 Å². The van der Waals surface area contributed by atoms with Gasteiger partial charge in [0, 0.05) is 11.9 Å². The van der Waals surface area contributed by atoms with Crippen molar-refractivity contribution in [1.82, 2.24) is 0 Å². The fourth-order valence-corrected chi connectivity index (χ4v) is 1.11. The second-order valence-corrected chi connectivity index (χ2v) is 3.89. The lowest BCUT2D eigenvalue weighted by atomic mass is 9.87. The summed E-state index contributed by atoms with van der Waals surface area (Å²) in [5.41, 5.74) is 0.312. The van der Waals surface area contributed by atoms with Crippen LogP contribution in [-0.4, -0.2) is 27.6 Å². The van der Waals surface area contributed by atoms with Gasteiger partial charge in [0.05, 0.1) is 0 Å². The summed E-state index contributed by atoms with van der Waals surface area (Å²) in [6, 6.07) is 0. The highest BCUT2D eigenvalue weighted by atomic mass is 32.2. The molecular formula is C3H9BO2S. The summed E-state index contributed by atoms with van der Waals surface area (Å²) >= 11 is 0. The Morgan fingerprint density at radius 3 is 2.00 bits per heavy atom. The summed E-state index contributed by atoms with van der Waals surface area (Å²) in [4.78, 5) is 0. The maximum Gasteiger partial charge on any atom is 0.140 e. The minimum Gasteiger partial charge on any atom is -0.230 e. The van der Waals surface area contributed by atoms with E-state index in [0.29, 0.717) is 5.65 Å². The zero-order valence-electron chi connectivity index (χ0n) is 4.64. The van der Waals surface area contributed by atoms with Crippen molar-refractivity contribution in [3.05, 3.63) is 0 Å². The molecule has 0 aliphatic heterocycles. The zero-order chi connectivity index (χ0) is 5.91. The molecule has 0 aromatic heterocycles. The zero-order valence-corrected chi connectivity index (χ0v) is 5.46. The van der Waals surface area contributed by atoms with E-state index in [1.807, 2.05) is 6.82 Å². The van der Waals surface area contributed by atoms with Gasteiger partial charge in [-0.15, -0.1) is 0 Å². The molecule has 0 aromatic carbocycles. The average molecular weight is 120 g/mol. The second-order valence-electron chi connectivity index (χ2n) is 1.63. The van der Waals surface area contributed by atoms with Crippen molar-refractivity contribution in [1.29, 1.82) is 0 Å². The topological polar surface area (TPSA) is 34.1 Å². The van der Waals surface area contributed by atoms with E-state index in [1.54, 1.807) is 0 Å². The third kappa shape index (κ3) is 6.01. The Labute approximate surface area is 45.1 Å². The molecule has 0 unspecified atom stereocenters. The molecule has 0 aromatic rings. The van der Waals surface area contributed by atoms with Crippen LogP contribution in [0.15, 0.2) is 0 Å². The van der Waals surface area contributed by atoms with Crippen LogP contribution in [0.25, 0.3) is 0 Å². The highest BCUT2D eigenvalue weighted by molar-refractivity contribution is 7.91. The van der Waals surface area contributed by atoms with Crippen molar-refractivity contribution < 1.29 is 8.42 Å². The molecule has 0 atom stereocenters. The molecule has 2 nitrogen and oxygen atoms in total. The van der Waals surface area contributed by atoms with Crippen molar-refractivity contribution in [2.45, 2.75) is 6.82 Å². The van der Waals surface area contributed by atoms with E-state index in [9.17, 15) is 8.42 Å². The van der Waals surface area contributed by atoms with E-state index >= 15 is 0 Å². The normalized spacial score (nSPS) is 11.1. The number of hydrogen-bond donors (Lipinski definition) is 0. The summed E-state index contributed by atoms with van der Waals surface area (Å²) < 4.78 is 20.5. The first-order chi connectivity index (χ1) is 3.06. The first-order valence-electron chi connectivity index (χ1n) is 2.24. The van der Waals surface area contributed by atoms with Crippen LogP contribution in [0.4, 0.5) is 0 Å². The van der Waals surface area contributed by atoms with Crippen LogP contribution in [0.5, 0.6) is 0 Å². The van der Waals surface area contributed by atoms with Gasteiger partial charge in [-0.05, 0) is 0 Å². The SMILES string of the molecule is CBCS(C)(=O)=O. The molecule has 0 saturated carbocycles. The van der Waals surface area contributed by atoms with Gasteiger partial charge in [0.25, 0.3) is 0 Å². The van der Waals surface area contributed by atoms with Gasteiger partial charge < -0.3 is 0 Å². The smallest absolute Gasteiger partial charge is 0.140 e. The monoisotopic (exact) mass is 120 g/mol. The van der Waals surface area contributed by atoms with Gasteiger partial charge in [-0.3, -0.25) is 0 Å². The lowest BCUT2D eigenvalue weighted by Crippen LogP contribution is -2.06. The van der Waals surface area contributed by atoms with Gasteiger partial charge in [-0.2, -0.15) is 0 Å². The first-order valence-corrected chi connectivity index (χ1v) is 4.30. The Balaban J connectivity index is 3.60. The standard InChI is InChI=1S/C3H9BO2S/c1-4-3-7(2,5)6/h4H,3H2,1-2H3. The molecule has 0 saturated heterocycles. The Morgan fingerprint density at radius 2 is 2.00 bits per heavy atom. The van der Waals surface area contributed by atoms with Gasteiger partial charge in [0.15, 0.2) is 0 Å². The van der Waals surface area contributed by atoms with E-state index in [-0.39, 0.29) is 0 Å². The average Bonchev–Trinajstić information content (AvgIpc) is 1.30. The highest BCUT2D eigenvalue weighted by Gasteiger charge is 1.96. The summed E-state index contributed by atoms with van der Waals surface area (Å²) in [6.07, 6.45) is 1.25. The summed E-state index contributed by atoms with van der Waals surface area (Å²) in [5.74, 6) is 0. The van der Waals surface area contributed by atoms with Gasteiger partial charge in [-0.1, -0.05) is 6.82 Å². The maximum atomic E-state index is 10.2. The molecule has 7 heavy (non-hydrogen) atoms. The lowest BCUT2D eigenvalue weighted by Gasteiger charge is -1.85. The Hall–Kier alpha value is 0.0149. The fraction of sp³-hybridized carbons (Fsp3) is 1.00. The largest absolute Gasteiger partial charge is 0.230 e. The number of hydrogen-bond acceptors (Lipinski definition) is 2. The summed E-state index contributed by atoms with van der Waals surface area (Å²) in [5, 5.41) is 0. The van der Waals surface area contributed by atoms with Gasteiger partial charge in [-0.25, -0.2) is 8.42 Å². The molecule has 0 radical (unpaired) electrons. The molecule has 4 heteroatoms. The van der Waals surface area contributed by atoms with E-state index in [4.69, 9.17) is 0 Å². The third-order valence-electron chi connectivity index (χ3n) is 0.575. The number of rotatable bonds is 2. The lowest BCUT2D eigenvalue weighted by molar-refractivity contribution is 0.606. The third-order valence-corrected chi connectivity index (χ3v) is 1.72. The molecule has 0 fully saturated rings. The van der Waals surface area contributed by atoms with Gasteiger partial charge in [0.1, 0.15) is 17.1 Å². The van der Waals surface area contributed by atoms with Crippen LogP contribution >= 0.6 is 0 Å². The van der Waals surface area contributed by atoms with Crippen LogP contribution in [0, 0.1) is 0 Å². The van der Waals surface area contributed by atoms with Crippen LogP contribution in [0.1, 0.15) is 0 Å². The Bertz CT molecular complexity index is 126. The molecule has 0 N–H and O–H groups in total. The van der Waals surface area contributed by atoms with Crippen LogP contribution in [0.2, 0.25) is 6.82 Å². The molecule has 0 spiro atoms. The molecule has 0 aliphatic rings. The molecule has 0 aliphatic carbocycles. The molecular weight excluding hydrogens is 111 g/mol. The Kier molecular flexibility index (Phi) is 2.36. The fourth-order valence-electron chi connectivity index (χ4n) is 0.371. The maximum absolute atomic E-state index is 10.2. The minimum atomic E-state index is -2.67. The summed E-state index contributed by atoms with van der Waals surface area (Å²) in [6.45, 7) is 1.85. The number of sulfone groups is 1. The van der Waals surface area contributed by atoms with Crippen molar-refractivity contribution in [3.63, 3.8) is 0 Å². The van der Waals surface area contributed by atoms with Crippen molar-refractivity contribution >= 4 is 17.1 Å². The quantitative estimate of drug-likeness (QED) is 0.459. The van der Waals surface area contributed by atoms with Crippen LogP contribution in [0.3, 0.4) is 0 Å². The van der Waals surface area contributed by atoms with Gasteiger partial charge >= 0.3 is 0 Å². The molecule has 0 bridgehead atoms. The van der Waals surface area contributed by atoms with Crippen molar-refractivity contribution in [2.75, 3.05) is 11.9 Å². The predicted molar refractivity (Wildman–Crippen MR) is 32.7 cm³/mol. The minimum absolute atomic E-state index is 0.312. The van der Waals surface area contributed by atoms with E-state index in [0.717, 1.165) is 7.28 Å². The van der Waals surface area contributed by atoms with Crippen LogP contribution in [-0.2, 0) is 9.84 Å². The summed E-state index contributed by atoms with van der Waals surface area (Å²) in [7, 11) is -1.95. The van der Waals surface area contributed by atoms with E-state index in [2.05, 4.69) is 0 Å². The molecule has 0 rings (SSSR count). The highest BCUT2D eigenvalue weighted by Crippen LogP contribution is 1.76. The van der Waals surface area contributed by atoms with Crippen molar-refractivity contribution in [2.24, 2.45) is 0 Å². The Morgan fingerprint density at radius 1 is 1.57 bits per heavy atom. The van der Waals surface area contributed by atoms with Crippen molar-refractivity contribution in [3.8, 4) is 0 Å². The first kappa shape index (κ1) is 7.01. The second kappa shape index (κ2) is 2.35. The van der Waals surface area contributed by atoms with Crippen LogP contribution < -0.4 is 0 Å². The predicted octanol–water partition coefficient (Wildman–Crippen LogP) is -0.527. The van der Waals surface area contributed by atoms with E-state index in [1.165, 1.54) is 6.26 Å².